The van der Waals surface area contributed by atoms with Gasteiger partial charge in [0.2, 0.25) is 17.7 Å². The van der Waals surface area contributed by atoms with Crippen molar-refractivity contribution >= 4 is 40.2 Å². The molecule has 5 heterocycles. The summed E-state index contributed by atoms with van der Waals surface area (Å²) in [5, 5.41) is 14.8. The van der Waals surface area contributed by atoms with Crippen molar-refractivity contribution in [3.63, 3.8) is 0 Å². The minimum Gasteiger partial charge on any atom is -0.355 e. The number of aromatic nitrogens is 6. The number of amides is 3. The van der Waals surface area contributed by atoms with Crippen LogP contribution in [0.3, 0.4) is 0 Å². The SMILES string of the molecule is CC(=O)c1nn2c3c(cc(-c4cnc(C)nc4)cc13)C/C=C/CCC(C)(C)C(=O)NC[C@@]13C[C@@H](C(=O)Nc4ccn(CC(F)(F)F)n4)N(C(=O)C2)[C@@H]1[C@@H]3C. The first-order valence-electron chi connectivity index (χ1n) is 18.0. The number of nitrogens with zero attached hydrogens (tertiary/aromatic N) is 7. The molecule has 1 saturated heterocycles. The van der Waals surface area contributed by atoms with E-state index >= 15 is 0 Å². The fraction of sp³-hybridized carbons (Fsp3) is 0.474. The van der Waals surface area contributed by atoms with Crippen LogP contribution in [-0.4, -0.2) is 82.7 Å². The Morgan fingerprint density at radius 2 is 1.81 bits per heavy atom. The van der Waals surface area contributed by atoms with E-state index in [4.69, 9.17) is 0 Å². The van der Waals surface area contributed by atoms with Crippen LogP contribution in [0.2, 0.25) is 0 Å². The molecule has 284 valence electrons. The van der Waals surface area contributed by atoms with Crippen molar-refractivity contribution in [1.82, 2.24) is 39.7 Å². The molecule has 2 aliphatic heterocycles. The van der Waals surface area contributed by atoms with Crippen molar-refractivity contribution in [2.24, 2.45) is 16.7 Å². The highest BCUT2D eigenvalue weighted by Gasteiger charge is 2.72. The molecule has 54 heavy (non-hydrogen) atoms. The second kappa shape index (κ2) is 13.5. The Kier molecular flexibility index (Phi) is 9.21. The zero-order chi connectivity index (χ0) is 38.7. The summed E-state index contributed by atoms with van der Waals surface area (Å²) in [7, 11) is 0. The number of piperidine rings is 1. The molecular weight excluding hydrogens is 703 g/mol. The standard InChI is InChI=1S/C38H42F3N9O4/c1-21-33-37(21)15-28(34(53)45-29-10-12-48(46-29)20-38(39,40)41)50(33)30(52)18-49-32-24(9-7-6-8-11-36(4,5)35(54)44-19-37)13-25(26-16-42-23(3)43-17-26)14-27(32)31(47-49)22(2)51/h6-7,10,12-14,16-17,21,28,33H,8-9,11,15,18-20H2,1-5H3,(H,44,54)(H,45,46,53)/b7-6+/t21-,28-,33+,37+/m0/s1. The Morgan fingerprint density at radius 1 is 1.07 bits per heavy atom. The molecule has 1 saturated carbocycles. The Balaban J connectivity index is 1.30. The Morgan fingerprint density at radius 3 is 2.52 bits per heavy atom. The number of Topliss-reactive ketones (excluding diaryl/α,β-unsaturated/α-hetero) is 1. The summed E-state index contributed by atoms with van der Waals surface area (Å²) in [6.45, 7) is 7.56. The van der Waals surface area contributed by atoms with Crippen molar-refractivity contribution < 1.29 is 32.3 Å². The number of carbonyl (C=O) groups is 4. The second-order valence-corrected chi connectivity index (χ2v) is 15.4. The van der Waals surface area contributed by atoms with E-state index in [0.29, 0.717) is 40.7 Å². The Hall–Kier alpha value is -5.41. The van der Waals surface area contributed by atoms with Gasteiger partial charge in [-0.1, -0.05) is 32.9 Å². The molecule has 4 atom stereocenters. The maximum atomic E-state index is 14.6. The number of hydrogen-bond acceptors (Lipinski definition) is 8. The van der Waals surface area contributed by atoms with Gasteiger partial charge in [-0.2, -0.15) is 23.4 Å². The Bertz CT molecular complexity index is 2190. The van der Waals surface area contributed by atoms with Gasteiger partial charge in [0.1, 0.15) is 30.6 Å². The van der Waals surface area contributed by atoms with Crippen molar-refractivity contribution in [1.29, 1.82) is 0 Å². The zero-order valence-electron chi connectivity index (χ0n) is 30.7. The number of aryl methyl sites for hydroxylation is 1. The number of alkyl halides is 3. The highest BCUT2D eigenvalue weighted by atomic mass is 19.4. The summed E-state index contributed by atoms with van der Waals surface area (Å²) in [5.41, 5.74) is 1.78. The third-order valence-corrected chi connectivity index (χ3v) is 11.2. The van der Waals surface area contributed by atoms with Crippen molar-refractivity contribution in [3.8, 4) is 11.1 Å². The van der Waals surface area contributed by atoms with Gasteiger partial charge in [-0.3, -0.25) is 28.5 Å². The van der Waals surface area contributed by atoms with E-state index in [-0.39, 0.29) is 48.6 Å². The summed E-state index contributed by atoms with van der Waals surface area (Å²) in [4.78, 5) is 65.3. The third kappa shape index (κ3) is 6.89. The molecular formula is C38H42F3N9O4. The van der Waals surface area contributed by atoms with Gasteiger partial charge in [-0.15, -0.1) is 0 Å². The first-order chi connectivity index (χ1) is 25.5. The first-order valence-corrected chi connectivity index (χ1v) is 18.0. The molecule has 2 fully saturated rings. The van der Waals surface area contributed by atoms with Crippen molar-refractivity contribution in [3.05, 3.63) is 66.0 Å². The highest BCUT2D eigenvalue weighted by Crippen LogP contribution is 2.64. The molecule has 0 spiro atoms. The first kappa shape index (κ1) is 36.9. The number of nitrogens with one attached hydrogen (secondary N) is 2. The van der Waals surface area contributed by atoms with Crippen LogP contribution in [-0.2, 0) is 33.9 Å². The number of rotatable bonds is 5. The van der Waals surface area contributed by atoms with Crippen LogP contribution in [0, 0.1) is 23.7 Å². The summed E-state index contributed by atoms with van der Waals surface area (Å²) in [5.74, 6) is -1.01. The quantitative estimate of drug-likeness (QED) is 0.213. The number of allylic oxidation sites excluding steroid dienone is 2. The predicted molar refractivity (Wildman–Crippen MR) is 192 cm³/mol. The number of ketones is 1. The van der Waals surface area contributed by atoms with Gasteiger partial charge in [-0.25, -0.2) is 9.97 Å². The van der Waals surface area contributed by atoms with E-state index in [1.54, 1.807) is 19.3 Å². The van der Waals surface area contributed by atoms with Gasteiger partial charge in [0, 0.05) is 65.9 Å². The number of anilines is 1. The lowest BCUT2D eigenvalue weighted by molar-refractivity contribution is -0.142. The van der Waals surface area contributed by atoms with Crippen LogP contribution >= 0.6 is 0 Å². The number of benzene rings is 1. The molecule has 13 nitrogen and oxygen atoms in total. The van der Waals surface area contributed by atoms with Crippen LogP contribution < -0.4 is 10.6 Å². The second-order valence-electron chi connectivity index (χ2n) is 15.4. The van der Waals surface area contributed by atoms with E-state index in [2.05, 4.69) is 30.8 Å². The summed E-state index contributed by atoms with van der Waals surface area (Å²) >= 11 is 0. The molecule has 2 bridgehead atoms. The van der Waals surface area contributed by atoms with Gasteiger partial charge in [0.15, 0.2) is 11.6 Å². The van der Waals surface area contributed by atoms with Gasteiger partial charge >= 0.3 is 6.18 Å². The van der Waals surface area contributed by atoms with Crippen LogP contribution in [0.1, 0.15) is 68.8 Å². The average Bonchev–Trinajstić information content (AvgIpc) is 3.51. The zero-order valence-corrected chi connectivity index (χ0v) is 30.7. The van der Waals surface area contributed by atoms with Gasteiger partial charge in [-0.05, 0) is 61.8 Å². The van der Waals surface area contributed by atoms with Crippen molar-refractivity contribution in [2.45, 2.75) is 91.7 Å². The molecule has 3 aromatic heterocycles. The monoisotopic (exact) mass is 745 g/mol. The minimum atomic E-state index is -4.50. The molecule has 3 aliphatic rings. The number of halogens is 3. The van der Waals surface area contributed by atoms with Crippen LogP contribution in [0.5, 0.6) is 0 Å². The lowest BCUT2D eigenvalue weighted by Gasteiger charge is -2.28. The normalized spacial score (nSPS) is 24.8. The molecule has 0 unspecified atom stereocenters. The maximum Gasteiger partial charge on any atom is 0.408 e. The fourth-order valence-electron chi connectivity index (χ4n) is 8.17. The van der Waals surface area contributed by atoms with E-state index < -0.39 is 47.4 Å². The fourth-order valence-corrected chi connectivity index (χ4v) is 8.17. The molecule has 7 rings (SSSR count). The third-order valence-electron chi connectivity index (χ3n) is 11.2. The van der Waals surface area contributed by atoms with Crippen LogP contribution in [0.15, 0.2) is 48.9 Å². The number of hydrogen-bond donors (Lipinski definition) is 2. The summed E-state index contributed by atoms with van der Waals surface area (Å²) in [6, 6.07) is 3.66. The van der Waals surface area contributed by atoms with Crippen LogP contribution in [0.4, 0.5) is 19.0 Å². The molecule has 0 radical (unpaired) electrons. The van der Waals surface area contributed by atoms with E-state index in [1.807, 2.05) is 45.1 Å². The Labute approximate surface area is 309 Å². The van der Waals surface area contributed by atoms with Gasteiger partial charge < -0.3 is 15.5 Å². The van der Waals surface area contributed by atoms with Crippen LogP contribution in [0.25, 0.3) is 22.0 Å². The highest BCUT2D eigenvalue weighted by molar-refractivity contribution is 6.07. The summed E-state index contributed by atoms with van der Waals surface area (Å²) in [6.07, 6.45) is 5.91. The van der Waals surface area contributed by atoms with E-state index in [1.165, 1.54) is 22.6 Å². The molecule has 16 heteroatoms. The van der Waals surface area contributed by atoms with Crippen molar-refractivity contribution in [2.75, 3.05) is 11.9 Å². The largest absolute Gasteiger partial charge is 0.408 e. The minimum absolute atomic E-state index is 0.0706. The van der Waals surface area contributed by atoms with Gasteiger partial charge in [0.25, 0.3) is 0 Å². The van der Waals surface area contributed by atoms with E-state index in [0.717, 1.165) is 22.9 Å². The number of carbonyl (C=O) groups excluding carboxylic acids is 4. The maximum absolute atomic E-state index is 14.6. The molecule has 1 aliphatic carbocycles. The topological polar surface area (TPSA) is 157 Å². The van der Waals surface area contributed by atoms with Gasteiger partial charge in [0.05, 0.1) is 5.52 Å². The summed E-state index contributed by atoms with van der Waals surface area (Å²) < 4.78 is 41.2. The smallest absolute Gasteiger partial charge is 0.355 e. The average molecular weight is 746 g/mol. The predicted octanol–water partition coefficient (Wildman–Crippen LogP) is 5.04. The lowest BCUT2D eigenvalue weighted by Crippen LogP contribution is -2.47. The van der Waals surface area contributed by atoms with E-state index in [9.17, 15) is 32.3 Å². The molecule has 2 N–H and O–H groups in total. The lowest BCUT2D eigenvalue weighted by atomic mass is 9.86. The molecule has 1 aromatic carbocycles. The molecule has 3 amide bonds. The molecule has 4 aromatic rings.